The van der Waals surface area contributed by atoms with Crippen LogP contribution in [0, 0.1) is 0 Å². The first kappa shape index (κ1) is 16.0. The van der Waals surface area contributed by atoms with Gasteiger partial charge in [-0.3, -0.25) is 0 Å². The van der Waals surface area contributed by atoms with Crippen molar-refractivity contribution in [3.8, 4) is 0 Å². The molecule has 0 saturated carbocycles. The van der Waals surface area contributed by atoms with E-state index in [2.05, 4.69) is 55.5 Å². The maximum absolute atomic E-state index is 3.58. The Morgan fingerprint density at radius 3 is 2.37 bits per heavy atom. The SMILES string of the molecule is CCCCCCCCNc1ccccc1CN(C)C. The number of unbranched alkanes of at least 4 members (excludes halogenated alkanes) is 5. The van der Waals surface area contributed by atoms with E-state index in [1.807, 2.05) is 0 Å². The largest absolute Gasteiger partial charge is 0.385 e. The van der Waals surface area contributed by atoms with Crippen LogP contribution in [0.15, 0.2) is 24.3 Å². The van der Waals surface area contributed by atoms with Crippen LogP contribution in [-0.2, 0) is 6.54 Å². The molecule has 0 aliphatic heterocycles. The molecule has 0 unspecified atom stereocenters. The zero-order valence-corrected chi connectivity index (χ0v) is 12.9. The minimum absolute atomic E-state index is 1.000. The van der Waals surface area contributed by atoms with E-state index in [0.717, 1.165) is 13.1 Å². The third kappa shape index (κ3) is 7.22. The molecule has 0 bridgehead atoms. The van der Waals surface area contributed by atoms with Gasteiger partial charge in [0, 0.05) is 18.8 Å². The lowest BCUT2D eigenvalue weighted by atomic mass is 10.1. The Kier molecular flexibility index (Phi) is 8.31. The Morgan fingerprint density at radius 1 is 0.947 bits per heavy atom. The van der Waals surface area contributed by atoms with E-state index < -0.39 is 0 Å². The van der Waals surface area contributed by atoms with Crippen molar-refractivity contribution in [2.45, 2.75) is 52.0 Å². The molecule has 0 spiro atoms. The third-order valence-corrected chi connectivity index (χ3v) is 3.35. The second-order valence-electron chi connectivity index (χ2n) is 5.59. The summed E-state index contributed by atoms with van der Waals surface area (Å²) in [6.45, 7) is 4.36. The Bertz CT molecular complexity index is 334. The zero-order chi connectivity index (χ0) is 13.9. The first-order valence-electron chi connectivity index (χ1n) is 7.70. The zero-order valence-electron chi connectivity index (χ0n) is 12.9. The van der Waals surface area contributed by atoms with Gasteiger partial charge in [0.05, 0.1) is 0 Å². The predicted molar refractivity (Wildman–Crippen MR) is 85.7 cm³/mol. The van der Waals surface area contributed by atoms with Gasteiger partial charge in [-0.2, -0.15) is 0 Å². The molecule has 0 aliphatic carbocycles. The highest BCUT2D eigenvalue weighted by molar-refractivity contribution is 5.50. The Labute approximate surface area is 119 Å². The molecule has 1 N–H and O–H groups in total. The molecule has 0 aliphatic rings. The molecule has 2 heteroatoms. The summed E-state index contributed by atoms with van der Waals surface area (Å²) in [6, 6.07) is 8.64. The fourth-order valence-corrected chi connectivity index (χ4v) is 2.30. The van der Waals surface area contributed by atoms with Crippen molar-refractivity contribution < 1.29 is 0 Å². The molecule has 2 nitrogen and oxygen atoms in total. The molecule has 0 fully saturated rings. The monoisotopic (exact) mass is 262 g/mol. The predicted octanol–water partition coefficient (Wildman–Crippen LogP) is 4.52. The molecular formula is C17H30N2. The third-order valence-electron chi connectivity index (χ3n) is 3.35. The lowest BCUT2D eigenvalue weighted by molar-refractivity contribution is 0.403. The second kappa shape index (κ2) is 9.85. The average molecular weight is 262 g/mol. The fraction of sp³-hybridized carbons (Fsp3) is 0.647. The van der Waals surface area contributed by atoms with E-state index in [1.54, 1.807) is 0 Å². The number of rotatable bonds is 10. The smallest absolute Gasteiger partial charge is 0.0385 e. The second-order valence-corrected chi connectivity index (χ2v) is 5.59. The van der Waals surface area contributed by atoms with Crippen LogP contribution in [0.3, 0.4) is 0 Å². The van der Waals surface area contributed by atoms with E-state index in [-0.39, 0.29) is 0 Å². The molecule has 1 aromatic carbocycles. The van der Waals surface area contributed by atoms with Crippen molar-refractivity contribution in [1.29, 1.82) is 0 Å². The molecule has 108 valence electrons. The number of nitrogens with zero attached hydrogens (tertiary/aromatic N) is 1. The van der Waals surface area contributed by atoms with Crippen molar-refractivity contribution in [3.63, 3.8) is 0 Å². The van der Waals surface area contributed by atoms with Gasteiger partial charge in [0.2, 0.25) is 0 Å². The number of anilines is 1. The Morgan fingerprint density at radius 2 is 1.63 bits per heavy atom. The van der Waals surface area contributed by atoms with Gasteiger partial charge in [0.15, 0.2) is 0 Å². The summed E-state index contributed by atoms with van der Waals surface area (Å²) >= 11 is 0. The van der Waals surface area contributed by atoms with Gasteiger partial charge in [0.1, 0.15) is 0 Å². The topological polar surface area (TPSA) is 15.3 Å². The van der Waals surface area contributed by atoms with Gasteiger partial charge in [-0.05, 0) is 32.1 Å². The molecule has 0 radical (unpaired) electrons. The van der Waals surface area contributed by atoms with E-state index in [4.69, 9.17) is 0 Å². The minimum Gasteiger partial charge on any atom is -0.385 e. The van der Waals surface area contributed by atoms with Crippen LogP contribution in [0.5, 0.6) is 0 Å². The maximum atomic E-state index is 3.58. The molecular weight excluding hydrogens is 232 g/mol. The first-order valence-corrected chi connectivity index (χ1v) is 7.70. The molecule has 0 heterocycles. The van der Waals surface area contributed by atoms with Crippen molar-refractivity contribution in [1.82, 2.24) is 4.90 Å². The summed E-state index contributed by atoms with van der Waals surface area (Å²) in [7, 11) is 4.23. The molecule has 0 atom stereocenters. The van der Waals surface area contributed by atoms with Crippen molar-refractivity contribution in [2.75, 3.05) is 26.0 Å². The maximum Gasteiger partial charge on any atom is 0.0385 e. The molecule has 19 heavy (non-hydrogen) atoms. The summed E-state index contributed by atoms with van der Waals surface area (Å²) < 4.78 is 0. The van der Waals surface area contributed by atoms with Gasteiger partial charge in [0.25, 0.3) is 0 Å². The number of hydrogen-bond acceptors (Lipinski definition) is 2. The highest BCUT2D eigenvalue weighted by atomic mass is 15.1. The minimum atomic E-state index is 1.000. The van der Waals surface area contributed by atoms with Crippen LogP contribution >= 0.6 is 0 Å². The quantitative estimate of drug-likeness (QED) is 0.624. The average Bonchev–Trinajstić information content (AvgIpc) is 2.39. The molecule has 0 aromatic heterocycles. The number of benzene rings is 1. The summed E-state index contributed by atoms with van der Waals surface area (Å²) in [5.74, 6) is 0. The van der Waals surface area contributed by atoms with Gasteiger partial charge in [-0.25, -0.2) is 0 Å². The lowest BCUT2D eigenvalue weighted by Crippen LogP contribution is -2.13. The van der Waals surface area contributed by atoms with E-state index in [9.17, 15) is 0 Å². The van der Waals surface area contributed by atoms with E-state index in [1.165, 1.54) is 49.8 Å². The number of hydrogen-bond donors (Lipinski definition) is 1. The first-order chi connectivity index (χ1) is 9.24. The van der Waals surface area contributed by atoms with Crippen molar-refractivity contribution in [2.24, 2.45) is 0 Å². The van der Waals surface area contributed by atoms with Gasteiger partial charge < -0.3 is 10.2 Å². The van der Waals surface area contributed by atoms with Crippen LogP contribution in [0.4, 0.5) is 5.69 Å². The van der Waals surface area contributed by atoms with Crippen LogP contribution in [0.1, 0.15) is 51.0 Å². The normalized spacial score (nSPS) is 10.9. The summed E-state index contributed by atoms with van der Waals surface area (Å²) in [4.78, 5) is 2.21. The molecule has 0 saturated heterocycles. The summed E-state index contributed by atoms with van der Waals surface area (Å²) in [5.41, 5.74) is 2.68. The van der Waals surface area contributed by atoms with Gasteiger partial charge >= 0.3 is 0 Å². The Hall–Kier alpha value is -1.02. The van der Waals surface area contributed by atoms with Crippen LogP contribution in [0.2, 0.25) is 0 Å². The van der Waals surface area contributed by atoms with E-state index >= 15 is 0 Å². The summed E-state index contributed by atoms with van der Waals surface area (Å²) in [5, 5.41) is 3.58. The molecule has 0 amide bonds. The summed E-state index contributed by atoms with van der Waals surface area (Å²) in [6.07, 6.45) is 8.13. The fourth-order valence-electron chi connectivity index (χ4n) is 2.30. The highest BCUT2D eigenvalue weighted by Gasteiger charge is 2.01. The van der Waals surface area contributed by atoms with Crippen LogP contribution < -0.4 is 5.32 Å². The standard InChI is InChI=1S/C17H30N2/c1-4-5-6-7-8-11-14-18-17-13-10-9-12-16(17)15-19(2)3/h9-10,12-13,18H,4-8,11,14-15H2,1-3H3. The number of para-hydroxylation sites is 1. The van der Waals surface area contributed by atoms with Crippen molar-refractivity contribution in [3.05, 3.63) is 29.8 Å². The highest BCUT2D eigenvalue weighted by Crippen LogP contribution is 2.16. The Balaban J connectivity index is 2.25. The van der Waals surface area contributed by atoms with Crippen LogP contribution in [0.25, 0.3) is 0 Å². The van der Waals surface area contributed by atoms with Crippen molar-refractivity contribution >= 4 is 5.69 Å². The number of nitrogens with one attached hydrogen (secondary N) is 1. The van der Waals surface area contributed by atoms with Crippen LogP contribution in [-0.4, -0.2) is 25.5 Å². The van der Waals surface area contributed by atoms with Gasteiger partial charge in [-0.1, -0.05) is 57.2 Å². The molecule has 1 aromatic rings. The van der Waals surface area contributed by atoms with Gasteiger partial charge in [-0.15, -0.1) is 0 Å². The lowest BCUT2D eigenvalue weighted by Gasteiger charge is -2.15. The van der Waals surface area contributed by atoms with E-state index in [0.29, 0.717) is 0 Å². The molecule has 1 rings (SSSR count).